The Kier molecular flexibility index (Phi) is 39.6. The van der Waals surface area contributed by atoms with E-state index in [2.05, 4.69) is 81.5 Å². The first kappa shape index (κ1) is 50.1. The van der Waals surface area contributed by atoms with Gasteiger partial charge in [-0.1, -0.05) is 165 Å². The smallest absolute Gasteiger partial charge is 0.306 e. The van der Waals surface area contributed by atoms with E-state index in [-0.39, 0.29) is 31.1 Å². The van der Waals surface area contributed by atoms with E-state index in [4.69, 9.17) is 14.2 Å². The van der Waals surface area contributed by atoms with E-state index >= 15 is 0 Å². The Labute approximate surface area is 326 Å². The van der Waals surface area contributed by atoms with Crippen molar-refractivity contribution in [1.29, 1.82) is 0 Å². The van der Waals surface area contributed by atoms with E-state index in [0.717, 1.165) is 109 Å². The summed E-state index contributed by atoms with van der Waals surface area (Å²) in [4.78, 5) is 37.4. The predicted octanol–water partition coefficient (Wildman–Crippen LogP) is 13.7. The van der Waals surface area contributed by atoms with Crippen molar-refractivity contribution in [2.45, 2.75) is 207 Å². The number of carbonyl (C=O) groups is 3. The summed E-state index contributed by atoms with van der Waals surface area (Å²) < 4.78 is 16.5. The number of unbranched alkanes of at least 4 members (excludes halogenated alkanes) is 17. The highest BCUT2D eigenvalue weighted by molar-refractivity contribution is 5.71. The fourth-order valence-corrected chi connectivity index (χ4v) is 5.71. The van der Waals surface area contributed by atoms with Gasteiger partial charge in [-0.25, -0.2) is 0 Å². The van der Waals surface area contributed by atoms with Gasteiger partial charge < -0.3 is 14.2 Å². The molecule has 0 aliphatic heterocycles. The average molecular weight is 741 g/mol. The number of carbonyl (C=O) groups excluding carboxylic acids is 3. The van der Waals surface area contributed by atoms with Crippen molar-refractivity contribution in [2.75, 3.05) is 13.2 Å². The van der Waals surface area contributed by atoms with Crippen LogP contribution >= 0.6 is 0 Å². The Hall–Kier alpha value is -2.89. The van der Waals surface area contributed by atoms with Crippen molar-refractivity contribution in [3.8, 4) is 0 Å². The molecule has 0 radical (unpaired) electrons. The Bertz CT molecular complexity index is 991. The minimum Gasteiger partial charge on any atom is -0.462 e. The van der Waals surface area contributed by atoms with E-state index in [1.165, 1.54) is 51.4 Å². The largest absolute Gasteiger partial charge is 0.462 e. The Morgan fingerprint density at radius 3 is 1.23 bits per heavy atom. The lowest BCUT2D eigenvalue weighted by Gasteiger charge is -2.18. The third-order valence-corrected chi connectivity index (χ3v) is 9.01. The number of esters is 3. The minimum atomic E-state index is -0.778. The lowest BCUT2D eigenvalue weighted by Crippen LogP contribution is -2.30. The highest BCUT2D eigenvalue weighted by atomic mass is 16.6. The molecule has 6 heteroatoms. The van der Waals surface area contributed by atoms with Crippen LogP contribution in [-0.2, 0) is 28.6 Å². The zero-order valence-electron chi connectivity index (χ0n) is 34.5. The molecule has 0 aromatic rings. The van der Waals surface area contributed by atoms with Crippen molar-refractivity contribution in [3.63, 3.8) is 0 Å². The highest BCUT2D eigenvalue weighted by Gasteiger charge is 2.19. The Morgan fingerprint density at radius 2 is 0.755 bits per heavy atom. The second kappa shape index (κ2) is 41.9. The normalized spacial score (nSPS) is 12.6. The summed E-state index contributed by atoms with van der Waals surface area (Å²) in [5.41, 5.74) is 0. The molecular weight excluding hydrogens is 661 g/mol. The number of allylic oxidation sites excluding steroid dienone is 10. The van der Waals surface area contributed by atoms with Crippen molar-refractivity contribution < 1.29 is 28.6 Å². The van der Waals surface area contributed by atoms with Gasteiger partial charge in [-0.2, -0.15) is 0 Å². The molecule has 0 saturated heterocycles. The van der Waals surface area contributed by atoms with E-state index in [1.807, 2.05) is 0 Å². The molecule has 1 atom stereocenters. The van der Waals surface area contributed by atoms with Gasteiger partial charge in [0.15, 0.2) is 6.10 Å². The predicted molar refractivity (Wildman–Crippen MR) is 224 cm³/mol. The lowest BCUT2D eigenvalue weighted by atomic mass is 10.1. The molecule has 0 aromatic carbocycles. The van der Waals surface area contributed by atoms with Gasteiger partial charge in [0.2, 0.25) is 0 Å². The van der Waals surface area contributed by atoms with Gasteiger partial charge in [-0.05, 0) is 77.0 Å². The van der Waals surface area contributed by atoms with Gasteiger partial charge in [-0.3, -0.25) is 14.4 Å². The van der Waals surface area contributed by atoms with Crippen LogP contribution in [0.1, 0.15) is 201 Å². The lowest BCUT2D eigenvalue weighted by molar-refractivity contribution is -0.167. The molecule has 1 unspecified atom stereocenters. The highest BCUT2D eigenvalue weighted by Crippen LogP contribution is 2.13. The summed E-state index contributed by atoms with van der Waals surface area (Å²) >= 11 is 0. The van der Waals surface area contributed by atoms with Crippen molar-refractivity contribution in [3.05, 3.63) is 60.8 Å². The molecule has 0 amide bonds. The van der Waals surface area contributed by atoms with Gasteiger partial charge in [-0.15, -0.1) is 0 Å². The van der Waals surface area contributed by atoms with E-state index < -0.39 is 6.10 Å². The molecule has 0 N–H and O–H groups in total. The van der Waals surface area contributed by atoms with Crippen LogP contribution in [0.2, 0.25) is 0 Å². The molecule has 0 fully saturated rings. The zero-order chi connectivity index (χ0) is 38.7. The molecule has 0 aliphatic rings. The quantitative estimate of drug-likeness (QED) is 0.0271. The number of ether oxygens (including phenoxy) is 3. The summed E-state index contributed by atoms with van der Waals surface area (Å²) in [7, 11) is 0. The van der Waals surface area contributed by atoms with Crippen LogP contribution in [0.25, 0.3) is 0 Å². The fourth-order valence-electron chi connectivity index (χ4n) is 5.71. The minimum absolute atomic E-state index is 0.0838. The maximum Gasteiger partial charge on any atom is 0.306 e. The molecule has 0 rings (SSSR count). The topological polar surface area (TPSA) is 78.9 Å². The third-order valence-electron chi connectivity index (χ3n) is 9.01. The molecular formula is C47H80O6. The molecule has 6 nitrogen and oxygen atoms in total. The Morgan fingerprint density at radius 1 is 0.396 bits per heavy atom. The Balaban J connectivity index is 4.24. The first-order valence-corrected chi connectivity index (χ1v) is 21.8. The maximum absolute atomic E-state index is 12.6. The molecule has 0 heterocycles. The average Bonchev–Trinajstić information content (AvgIpc) is 3.15. The van der Waals surface area contributed by atoms with Crippen molar-refractivity contribution >= 4 is 17.9 Å². The zero-order valence-corrected chi connectivity index (χ0v) is 34.5. The second-order valence-corrected chi connectivity index (χ2v) is 14.2. The van der Waals surface area contributed by atoms with Crippen LogP contribution in [-0.4, -0.2) is 37.2 Å². The van der Waals surface area contributed by atoms with Crippen LogP contribution in [0.5, 0.6) is 0 Å². The molecule has 0 bridgehead atoms. The summed E-state index contributed by atoms with van der Waals surface area (Å²) in [6.45, 7) is 6.36. The van der Waals surface area contributed by atoms with Crippen LogP contribution in [0.3, 0.4) is 0 Å². The van der Waals surface area contributed by atoms with Crippen LogP contribution in [0.15, 0.2) is 60.8 Å². The number of rotatable bonds is 38. The van der Waals surface area contributed by atoms with Crippen LogP contribution < -0.4 is 0 Å². The van der Waals surface area contributed by atoms with E-state index in [1.54, 1.807) is 0 Å². The van der Waals surface area contributed by atoms with Gasteiger partial charge in [0, 0.05) is 19.3 Å². The standard InChI is InChI=1S/C47H80O6/c1-4-7-10-13-15-17-19-20-21-22-23-24-25-26-28-29-31-34-37-40-46(49)52-43-44(42-51-45(48)39-36-33-12-9-6-3)53-47(50)41-38-35-32-30-27-18-16-14-11-8-5-2/h7,10,14-17,20-21,23-24,44H,4-6,8-9,11-13,18-19,22,25-43H2,1-3H3/b10-7-,16-14-,17-15-,21-20-,24-23-. The summed E-state index contributed by atoms with van der Waals surface area (Å²) in [6.07, 6.45) is 49.5. The summed E-state index contributed by atoms with van der Waals surface area (Å²) in [5, 5.41) is 0. The van der Waals surface area contributed by atoms with Gasteiger partial charge in [0.1, 0.15) is 13.2 Å². The van der Waals surface area contributed by atoms with Crippen LogP contribution in [0, 0.1) is 0 Å². The van der Waals surface area contributed by atoms with Gasteiger partial charge >= 0.3 is 17.9 Å². The van der Waals surface area contributed by atoms with Gasteiger partial charge in [0.05, 0.1) is 0 Å². The fraction of sp³-hybridized carbons (Fsp3) is 0.723. The van der Waals surface area contributed by atoms with Crippen molar-refractivity contribution in [2.24, 2.45) is 0 Å². The molecule has 304 valence electrons. The van der Waals surface area contributed by atoms with Gasteiger partial charge in [0.25, 0.3) is 0 Å². The van der Waals surface area contributed by atoms with E-state index in [0.29, 0.717) is 19.3 Å². The summed E-state index contributed by atoms with van der Waals surface area (Å²) in [6, 6.07) is 0. The second-order valence-electron chi connectivity index (χ2n) is 14.2. The molecule has 0 aliphatic carbocycles. The van der Waals surface area contributed by atoms with Crippen LogP contribution in [0.4, 0.5) is 0 Å². The molecule has 0 saturated carbocycles. The van der Waals surface area contributed by atoms with E-state index in [9.17, 15) is 14.4 Å². The molecule has 0 aromatic heterocycles. The number of hydrogen-bond acceptors (Lipinski definition) is 6. The molecule has 53 heavy (non-hydrogen) atoms. The third kappa shape index (κ3) is 40.1. The SMILES string of the molecule is CC/C=C\C/C=C\C/C=C\C/C=C\CCCCCCCCC(=O)OCC(COC(=O)CCCCCCC)OC(=O)CCCCCCC/C=C\CCCC. The monoisotopic (exact) mass is 741 g/mol. The first-order chi connectivity index (χ1) is 26.0. The first-order valence-electron chi connectivity index (χ1n) is 21.8. The summed E-state index contributed by atoms with van der Waals surface area (Å²) in [5.74, 6) is -0.928. The maximum atomic E-state index is 12.6. The number of hydrogen-bond donors (Lipinski definition) is 0. The van der Waals surface area contributed by atoms with Crippen molar-refractivity contribution in [1.82, 2.24) is 0 Å². The molecule has 0 spiro atoms.